The van der Waals surface area contributed by atoms with Gasteiger partial charge in [-0.25, -0.2) is 4.79 Å². The molecule has 0 saturated heterocycles. The predicted molar refractivity (Wildman–Crippen MR) is 89.0 cm³/mol. The molecule has 4 heteroatoms. The van der Waals surface area contributed by atoms with Gasteiger partial charge in [0.2, 0.25) is 0 Å². The van der Waals surface area contributed by atoms with E-state index in [1.165, 1.54) is 11.1 Å². The van der Waals surface area contributed by atoms with Gasteiger partial charge in [0.15, 0.2) is 0 Å². The van der Waals surface area contributed by atoms with Crippen LogP contribution in [-0.4, -0.2) is 23.0 Å². The average molecular weight is 312 g/mol. The number of carbonyl (C=O) groups is 1. The van der Waals surface area contributed by atoms with Gasteiger partial charge in [0.1, 0.15) is 0 Å². The molecule has 1 aromatic carbocycles. The SMILES string of the molecule is O=C(N[C@@H]1C[C@H]1c1ccccc1)N(Cc1ccsc1)C1CC1. The topological polar surface area (TPSA) is 32.3 Å². The third-order valence-electron chi connectivity index (χ3n) is 4.51. The molecule has 2 aromatic rings. The Morgan fingerprint density at radius 3 is 2.73 bits per heavy atom. The number of urea groups is 1. The Morgan fingerprint density at radius 2 is 2.05 bits per heavy atom. The molecule has 3 nitrogen and oxygen atoms in total. The van der Waals surface area contributed by atoms with E-state index in [9.17, 15) is 4.79 Å². The Labute approximate surface area is 135 Å². The van der Waals surface area contributed by atoms with Crippen molar-refractivity contribution < 1.29 is 4.79 Å². The molecule has 0 unspecified atom stereocenters. The number of benzene rings is 1. The van der Waals surface area contributed by atoms with Gasteiger partial charge in [0.25, 0.3) is 0 Å². The van der Waals surface area contributed by atoms with E-state index in [4.69, 9.17) is 0 Å². The lowest BCUT2D eigenvalue weighted by Crippen LogP contribution is -2.42. The van der Waals surface area contributed by atoms with E-state index in [-0.39, 0.29) is 6.03 Å². The first-order chi connectivity index (χ1) is 10.8. The summed E-state index contributed by atoms with van der Waals surface area (Å²) >= 11 is 1.69. The molecule has 1 aromatic heterocycles. The van der Waals surface area contributed by atoms with Crippen LogP contribution in [0.1, 0.15) is 36.3 Å². The number of hydrogen-bond donors (Lipinski definition) is 1. The Kier molecular flexibility index (Phi) is 3.62. The molecule has 114 valence electrons. The summed E-state index contributed by atoms with van der Waals surface area (Å²) in [5.74, 6) is 0.493. The van der Waals surface area contributed by atoms with Gasteiger partial charge in [0, 0.05) is 24.5 Å². The van der Waals surface area contributed by atoms with E-state index in [0.717, 1.165) is 25.8 Å². The van der Waals surface area contributed by atoms with Crippen molar-refractivity contribution in [2.24, 2.45) is 0 Å². The number of hydrogen-bond acceptors (Lipinski definition) is 2. The second kappa shape index (κ2) is 5.76. The van der Waals surface area contributed by atoms with Crippen molar-refractivity contribution in [2.45, 2.75) is 43.8 Å². The molecule has 0 aliphatic heterocycles. The van der Waals surface area contributed by atoms with Crippen molar-refractivity contribution in [1.82, 2.24) is 10.2 Å². The minimum absolute atomic E-state index is 0.108. The van der Waals surface area contributed by atoms with Gasteiger partial charge in [-0.3, -0.25) is 0 Å². The van der Waals surface area contributed by atoms with Crippen LogP contribution in [0.15, 0.2) is 47.2 Å². The van der Waals surface area contributed by atoms with Crippen molar-refractivity contribution in [2.75, 3.05) is 0 Å². The van der Waals surface area contributed by atoms with Crippen molar-refractivity contribution >= 4 is 17.4 Å². The van der Waals surface area contributed by atoms with Crippen molar-refractivity contribution in [3.8, 4) is 0 Å². The molecule has 0 spiro atoms. The average Bonchev–Trinajstić information content (AvgIpc) is 3.46. The fraction of sp³-hybridized carbons (Fsp3) is 0.389. The van der Waals surface area contributed by atoms with Crippen molar-refractivity contribution in [3.05, 3.63) is 58.3 Å². The van der Waals surface area contributed by atoms with Crippen LogP contribution in [0.25, 0.3) is 0 Å². The quantitative estimate of drug-likeness (QED) is 0.890. The molecular weight excluding hydrogens is 292 g/mol. The van der Waals surface area contributed by atoms with Crippen LogP contribution in [0.2, 0.25) is 0 Å². The monoisotopic (exact) mass is 312 g/mol. The molecule has 2 saturated carbocycles. The zero-order valence-electron chi connectivity index (χ0n) is 12.4. The second-order valence-electron chi connectivity index (χ2n) is 6.30. The largest absolute Gasteiger partial charge is 0.335 e. The lowest BCUT2D eigenvalue weighted by molar-refractivity contribution is 0.191. The second-order valence-corrected chi connectivity index (χ2v) is 7.08. The summed E-state index contributed by atoms with van der Waals surface area (Å²) in [5.41, 5.74) is 2.58. The van der Waals surface area contributed by atoms with Crippen LogP contribution in [0, 0.1) is 0 Å². The summed E-state index contributed by atoms with van der Waals surface area (Å²) < 4.78 is 0. The third kappa shape index (κ3) is 3.02. The van der Waals surface area contributed by atoms with Gasteiger partial charge < -0.3 is 10.2 Å². The zero-order chi connectivity index (χ0) is 14.9. The molecule has 1 heterocycles. The summed E-state index contributed by atoms with van der Waals surface area (Å²) in [6.45, 7) is 0.739. The van der Waals surface area contributed by atoms with Gasteiger partial charge in [0.05, 0.1) is 0 Å². The van der Waals surface area contributed by atoms with Crippen molar-refractivity contribution in [1.29, 1.82) is 0 Å². The fourth-order valence-corrected chi connectivity index (χ4v) is 3.66. The lowest BCUT2D eigenvalue weighted by Gasteiger charge is -2.22. The van der Waals surface area contributed by atoms with E-state index in [1.54, 1.807) is 11.3 Å². The lowest BCUT2D eigenvalue weighted by atomic mass is 10.1. The minimum Gasteiger partial charge on any atom is -0.335 e. The number of rotatable bonds is 5. The summed E-state index contributed by atoms with van der Waals surface area (Å²) in [6.07, 6.45) is 3.35. The Bertz CT molecular complexity index is 636. The predicted octanol–water partition coefficient (Wildman–Crippen LogP) is 3.98. The number of amides is 2. The van der Waals surface area contributed by atoms with E-state index >= 15 is 0 Å². The van der Waals surface area contributed by atoms with Gasteiger partial charge in [-0.05, 0) is 47.2 Å². The third-order valence-corrected chi connectivity index (χ3v) is 5.24. The molecule has 4 rings (SSSR count). The molecule has 2 aliphatic carbocycles. The molecule has 0 bridgehead atoms. The van der Waals surface area contributed by atoms with Crippen LogP contribution >= 0.6 is 11.3 Å². The maximum Gasteiger partial charge on any atom is 0.318 e. The minimum atomic E-state index is 0.108. The van der Waals surface area contributed by atoms with Gasteiger partial charge in [-0.1, -0.05) is 30.3 Å². The van der Waals surface area contributed by atoms with E-state index in [1.807, 2.05) is 11.0 Å². The van der Waals surface area contributed by atoms with Crippen LogP contribution in [0.3, 0.4) is 0 Å². The first kappa shape index (κ1) is 13.8. The smallest absolute Gasteiger partial charge is 0.318 e. The standard InChI is InChI=1S/C18H20N2OS/c21-18(19-17-10-16(17)14-4-2-1-3-5-14)20(15-6-7-15)11-13-8-9-22-12-13/h1-5,8-9,12,15-17H,6-7,10-11H2,(H,19,21)/t16-,17+/m0/s1. The highest BCUT2D eigenvalue weighted by molar-refractivity contribution is 7.07. The molecule has 2 fully saturated rings. The van der Waals surface area contributed by atoms with Crippen molar-refractivity contribution in [3.63, 3.8) is 0 Å². The highest BCUT2D eigenvalue weighted by Crippen LogP contribution is 2.41. The normalized spacial score (nSPS) is 23.1. The fourth-order valence-electron chi connectivity index (χ4n) is 3.00. The molecule has 2 amide bonds. The summed E-state index contributed by atoms with van der Waals surface area (Å²) in [7, 11) is 0. The molecule has 2 atom stereocenters. The molecule has 2 aliphatic rings. The highest BCUT2D eigenvalue weighted by atomic mass is 32.1. The number of thiophene rings is 1. The van der Waals surface area contributed by atoms with E-state index < -0.39 is 0 Å². The Balaban J connectivity index is 1.37. The highest BCUT2D eigenvalue weighted by Gasteiger charge is 2.41. The van der Waals surface area contributed by atoms with Crippen LogP contribution in [0.4, 0.5) is 4.79 Å². The van der Waals surface area contributed by atoms with Crippen LogP contribution in [0.5, 0.6) is 0 Å². The van der Waals surface area contributed by atoms with E-state index in [0.29, 0.717) is 18.0 Å². The molecule has 0 radical (unpaired) electrons. The zero-order valence-corrected chi connectivity index (χ0v) is 13.3. The maximum absolute atomic E-state index is 12.6. The summed E-state index contributed by atoms with van der Waals surface area (Å²) in [5, 5.41) is 7.43. The number of carbonyl (C=O) groups excluding carboxylic acids is 1. The molecule has 1 N–H and O–H groups in total. The van der Waals surface area contributed by atoms with Crippen LogP contribution < -0.4 is 5.32 Å². The van der Waals surface area contributed by atoms with E-state index in [2.05, 4.69) is 46.4 Å². The van der Waals surface area contributed by atoms with Gasteiger partial charge in [-0.2, -0.15) is 11.3 Å². The molecular formula is C18H20N2OS. The van der Waals surface area contributed by atoms with Gasteiger partial charge in [-0.15, -0.1) is 0 Å². The Hall–Kier alpha value is -1.81. The number of nitrogens with one attached hydrogen (secondary N) is 1. The first-order valence-electron chi connectivity index (χ1n) is 7.94. The first-order valence-corrected chi connectivity index (χ1v) is 8.88. The molecule has 22 heavy (non-hydrogen) atoms. The summed E-state index contributed by atoms with van der Waals surface area (Å²) in [4.78, 5) is 14.6. The Morgan fingerprint density at radius 1 is 1.23 bits per heavy atom. The maximum atomic E-state index is 12.6. The van der Waals surface area contributed by atoms with Gasteiger partial charge >= 0.3 is 6.03 Å². The summed E-state index contributed by atoms with van der Waals surface area (Å²) in [6, 6.07) is 13.4. The number of nitrogens with zero attached hydrogens (tertiary/aromatic N) is 1. The van der Waals surface area contributed by atoms with Crippen LogP contribution in [-0.2, 0) is 6.54 Å².